The van der Waals surface area contributed by atoms with E-state index in [4.69, 9.17) is 17.3 Å². The number of hydrogen-bond donors (Lipinski definition) is 1. The van der Waals surface area contributed by atoms with Crippen molar-refractivity contribution in [2.45, 2.75) is 32.7 Å². The minimum Gasteiger partial charge on any atom is -0.398 e. The molecule has 0 aliphatic heterocycles. The first-order chi connectivity index (χ1) is 7.99. The van der Waals surface area contributed by atoms with Gasteiger partial charge in [-0.25, -0.2) is 0 Å². The van der Waals surface area contributed by atoms with Gasteiger partial charge in [0.1, 0.15) is 0 Å². The van der Waals surface area contributed by atoms with Gasteiger partial charge in [-0.05, 0) is 25.5 Å². The monoisotopic (exact) mass is 254 g/mol. The Balaban J connectivity index is 2.96. The third-order valence-corrected chi connectivity index (χ3v) is 3.26. The summed E-state index contributed by atoms with van der Waals surface area (Å²) in [7, 11) is 1.78. The van der Waals surface area contributed by atoms with Crippen LogP contribution in [-0.2, 0) is 0 Å². The van der Waals surface area contributed by atoms with Crippen LogP contribution in [0.4, 0.5) is 5.69 Å². The molecule has 0 radical (unpaired) electrons. The molecule has 0 saturated carbocycles. The van der Waals surface area contributed by atoms with Gasteiger partial charge in [-0.15, -0.1) is 0 Å². The van der Waals surface area contributed by atoms with E-state index >= 15 is 0 Å². The summed E-state index contributed by atoms with van der Waals surface area (Å²) in [6, 6.07) is 5.30. The molecule has 2 N–H and O–H groups in total. The zero-order valence-electron chi connectivity index (χ0n) is 10.5. The van der Waals surface area contributed by atoms with Gasteiger partial charge in [-0.1, -0.05) is 31.0 Å². The number of carbonyl (C=O) groups is 1. The van der Waals surface area contributed by atoms with Crippen molar-refractivity contribution in [1.82, 2.24) is 4.90 Å². The van der Waals surface area contributed by atoms with Crippen LogP contribution in [0.15, 0.2) is 18.2 Å². The summed E-state index contributed by atoms with van der Waals surface area (Å²) in [4.78, 5) is 14.0. The minimum absolute atomic E-state index is 0.117. The first-order valence-corrected chi connectivity index (χ1v) is 6.18. The lowest BCUT2D eigenvalue weighted by atomic mass is 10.1. The zero-order valence-corrected chi connectivity index (χ0v) is 11.3. The van der Waals surface area contributed by atoms with E-state index in [1.165, 1.54) is 0 Å². The van der Waals surface area contributed by atoms with Crippen LogP contribution in [0.25, 0.3) is 0 Å². The van der Waals surface area contributed by atoms with E-state index in [0.717, 1.165) is 12.8 Å². The number of nitrogen functional groups attached to an aromatic ring is 1. The number of amides is 1. The van der Waals surface area contributed by atoms with Crippen molar-refractivity contribution < 1.29 is 4.79 Å². The zero-order chi connectivity index (χ0) is 13.0. The largest absolute Gasteiger partial charge is 0.398 e. The first-order valence-electron chi connectivity index (χ1n) is 5.80. The van der Waals surface area contributed by atoms with Crippen LogP contribution in [-0.4, -0.2) is 23.9 Å². The second-order valence-electron chi connectivity index (χ2n) is 4.26. The molecule has 0 aromatic heterocycles. The second-order valence-corrected chi connectivity index (χ2v) is 4.67. The molecule has 3 nitrogen and oxygen atoms in total. The van der Waals surface area contributed by atoms with Crippen LogP contribution in [0.3, 0.4) is 0 Å². The van der Waals surface area contributed by atoms with E-state index in [0.29, 0.717) is 16.3 Å². The van der Waals surface area contributed by atoms with E-state index in [1.54, 1.807) is 30.1 Å². The SMILES string of the molecule is CCCC(C)N(C)C(=O)c1c(N)cccc1Cl. The molecule has 0 aliphatic rings. The number of carbonyl (C=O) groups excluding carboxylic acids is 1. The summed E-state index contributed by atoms with van der Waals surface area (Å²) in [5, 5.41) is 0.408. The van der Waals surface area contributed by atoms with Gasteiger partial charge >= 0.3 is 0 Å². The summed E-state index contributed by atoms with van der Waals surface area (Å²) in [6.45, 7) is 4.12. The van der Waals surface area contributed by atoms with Gasteiger partial charge in [0.25, 0.3) is 5.91 Å². The highest BCUT2D eigenvalue weighted by Crippen LogP contribution is 2.24. The molecule has 1 unspecified atom stereocenters. The average molecular weight is 255 g/mol. The normalized spacial score (nSPS) is 12.2. The Morgan fingerprint density at radius 2 is 2.18 bits per heavy atom. The standard InChI is InChI=1S/C13H19ClN2O/c1-4-6-9(2)16(3)13(17)12-10(14)7-5-8-11(12)15/h5,7-9H,4,6,15H2,1-3H3. The molecule has 0 aliphatic carbocycles. The lowest BCUT2D eigenvalue weighted by Crippen LogP contribution is -2.35. The molecule has 17 heavy (non-hydrogen) atoms. The summed E-state index contributed by atoms with van der Waals surface area (Å²) in [5.41, 5.74) is 6.63. The van der Waals surface area contributed by atoms with E-state index in [9.17, 15) is 4.79 Å². The fourth-order valence-electron chi connectivity index (χ4n) is 1.75. The molecule has 1 amide bonds. The van der Waals surface area contributed by atoms with Crippen molar-refractivity contribution in [1.29, 1.82) is 0 Å². The van der Waals surface area contributed by atoms with Crippen molar-refractivity contribution in [2.75, 3.05) is 12.8 Å². The number of rotatable bonds is 4. The topological polar surface area (TPSA) is 46.3 Å². The fourth-order valence-corrected chi connectivity index (χ4v) is 2.02. The Kier molecular flexibility index (Phi) is 4.82. The number of anilines is 1. The number of nitrogens with two attached hydrogens (primary N) is 1. The molecular weight excluding hydrogens is 236 g/mol. The van der Waals surface area contributed by atoms with Gasteiger partial charge in [-0.2, -0.15) is 0 Å². The van der Waals surface area contributed by atoms with Crippen LogP contribution in [0.2, 0.25) is 5.02 Å². The average Bonchev–Trinajstić information content (AvgIpc) is 2.27. The van der Waals surface area contributed by atoms with Crippen molar-refractivity contribution in [2.24, 2.45) is 0 Å². The molecule has 1 aromatic rings. The van der Waals surface area contributed by atoms with Gasteiger partial charge in [0.15, 0.2) is 0 Å². The van der Waals surface area contributed by atoms with E-state index in [2.05, 4.69) is 6.92 Å². The lowest BCUT2D eigenvalue weighted by Gasteiger charge is -2.25. The van der Waals surface area contributed by atoms with Crippen LogP contribution in [0.1, 0.15) is 37.0 Å². The predicted octanol–water partition coefficient (Wildman–Crippen LogP) is 3.18. The Morgan fingerprint density at radius 3 is 2.71 bits per heavy atom. The number of nitrogens with zero attached hydrogens (tertiary/aromatic N) is 1. The molecule has 0 saturated heterocycles. The summed E-state index contributed by atoms with van der Waals surface area (Å²) < 4.78 is 0. The molecule has 94 valence electrons. The van der Waals surface area contributed by atoms with Crippen LogP contribution < -0.4 is 5.73 Å². The summed E-state index contributed by atoms with van der Waals surface area (Å²) in [6.07, 6.45) is 2.00. The fraction of sp³-hybridized carbons (Fsp3) is 0.462. The third-order valence-electron chi connectivity index (χ3n) is 2.95. The van der Waals surface area contributed by atoms with E-state index < -0.39 is 0 Å². The van der Waals surface area contributed by atoms with Gasteiger partial charge in [0, 0.05) is 18.8 Å². The molecule has 0 heterocycles. The summed E-state index contributed by atoms with van der Waals surface area (Å²) in [5.74, 6) is -0.117. The molecule has 1 rings (SSSR count). The molecule has 1 aromatic carbocycles. The highest BCUT2D eigenvalue weighted by atomic mass is 35.5. The number of hydrogen-bond acceptors (Lipinski definition) is 2. The third kappa shape index (κ3) is 3.13. The predicted molar refractivity (Wildman–Crippen MR) is 72.3 cm³/mol. The van der Waals surface area contributed by atoms with Crippen LogP contribution in [0.5, 0.6) is 0 Å². The minimum atomic E-state index is -0.117. The maximum Gasteiger partial charge on any atom is 0.257 e. The number of benzene rings is 1. The van der Waals surface area contributed by atoms with Crippen molar-refractivity contribution >= 4 is 23.2 Å². The Morgan fingerprint density at radius 1 is 1.53 bits per heavy atom. The van der Waals surface area contributed by atoms with Gasteiger partial charge in [0.05, 0.1) is 10.6 Å². The molecule has 0 fully saturated rings. The highest BCUT2D eigenvalue weighted by Gasteiger charge is 2.21. The maximum absolute atomic E-state index is 12.3. The van der Waals surface area contributed by atoms with Crippen LogP contribution in [0, 0.1) is 0 Å². The van der Waals surface area contributed by atoms with Crippen molar-refractivity contribution in [3.05, 3.63) is 28.8 Å². The van der Waals surface area contributed by atoms with E-state index in [-0.39, 0.29) is 11.9 Å². The summed E-state index contributed by atoms with van der Waals surface area (Å²) >= 11 is 6.02. The molecule has 0 bridgehead atoms. The molecular formula is C13H19ClN2O. The lowest BCUT2D eigenvalue weighted by molar-refractivity contribution is 0.0738. The smallest absolute Gasteiger partial charge is 0.257 e. The Hall–Kier alpha value is -1.22. The van der Waals surface area contributed by atoms with Crippen molar-refractivity contribution in [3.63, 3.8) is 0 Å². The quantitative estimate of drug-likeness (QED) is 0.839. The second kappa shape index (κ2) is 5.92. The number of halogens is 1. The first kappa shape index (κ1) is 13.8. The van der Waals surface area contributed by atoms with Crippen molar-refractivity contribution in [3.8, 4) is 0 Å². The Labute approximate surface area is 108 Å². The molecule has 1 atom stereocenters. The Bertz CT molecular complexity index is 386. The van der Waals surface area contributed by atoms with Gasteiger partial charge in [0.2, 0.25) is 0 Å². The highest BCUT2D eigenvalue weighted by molar-refractivity contribution is 6.34. The molecule has 4 heteroatoms. The van der Waals surface area contributed by atoms with Crippen LogP contribution >= 0.6 is 11.6 Å². The van der Waals surface area contributed by atoms with Gasteiger partial charge < -0.3 is 10.6 Å². The van der Waals surface area contributed by atoms with E-state index in [1.807, 2.05) is 6.92 Å². The molecule has 0 spiro atoms. The maximum atomic E-state index is 12.3. The van der Waals surface area contributed by atoms with Gasteiger partial charge in [-0.3, -0.25) is 4.79 Å².